The number of amides is 1. The molecule has 72 valence electrons. The number of unbranched alkanes of at least 4 members (excludes halogenated alkanes) is 1. The number of aliphatic hydroxyl groups is 1. The van der Waals surface area contributed by atoms with Crippen molar-refractivity contribution in [2.75, 3.05) is 13.2 Å². The van der Waals surface area contributed by atoms with Crippen LogP contribution >= 0.6 is 0 Å². The molecule has 0 aromatic heterocycles. The summed E-state index contributed by atoms with van der Waals surface area (Å²) in [6, 6.07) is 0. The molecule has 3 N–H and O–H groups in total. The number of ether oxygens (including phenoxy) is 1. The van der Waals surface area contributed by atoms with E-state index in [9.17, 15) is 4.79 Å². The Balaban J connectivity index is 3.46. The van der Waals surface area contributed by atoms with Crippen LogP contribution in [0.3, 0.4) is 0 Å². The molecule has 12 heavy (non-hydrogen) atoms. The number of rotatable bonds is 7. The van der Waals surface area contributed by atoms with Crippen molar-refractivity contribution in [2.45, 2.75) is 32.3 Å². The van der Waals surface area contributed by atoms with Crippen LogP contribution in [0.1, 0.15) is 26.2 Å². The molecule has 0 saturated carbocycles. The zero-order valence-electron chi connectivity index (χ0n) is 7.45. The van der Waals surface area contributed by atoms with Crippen molar-refractivity contribution < 1.29 is 14.6 Å². The molecule has 0 aliphatic heterocycles. The molecule has 0 aromatic carbocycles. The molecule has 0 aliphatic carbocycles. The molecule has 0 aromatic rings. The molecular formula is C8H17NO3. The van der Waals surface area contributed by atoms with Crippen LogP contribution in [0.2, 0.25) is 0 Å². The average molecular weight is 175 g/mol. The van der Waals surface area contributed by atoms with Crippen LogP contribution in [-0.2, 0) is 9.53 Å². The van der Waals surface area contributed by atoms with E-state index in [1.807, 2.05) is 6.92 Å². The van der Waals surface area contributed by atoms with Gasteiger partial charge in [0.25, 0.3) is 0 Å². The largest absolute Gasteiger partial charge is 0.394 e. The van der Waals surface area contributed by atoms with E-state index in [2.05, 4.69) is 0 Å². The Morgan fingerprint density at radius 3 is 2.75 bits per heavy atom. The van der Waals surface area contributed by atoms with Gasteiger partial charge < -0.3 is 15.6 Å². The second kappa shape index (κ2) is 7.06. The van der Waals surface area contributed by atoms with Gasteiger partial charge in [-0.2, -0.15) is 0 Å². The molecule has 0 aliphatic rings. The van der Waals surface area contributed by atoms with Crippen molar-refractivity contribution in [3.05, 3.63) is 0 Å². The van der Waals surface area contributed by atoms with Gasteiger partial charge in [0, 0.05) is 6.61 Å². The molecule has 1 atom stereocenters. The molecule has 1 unspecified atom stereocenters. The van der Waals surface area contributed by atoms with E-state index < -0.39 is 12.0 Å². The number of primary amides is 1. The third-order valence-corrected chi connectivity index (χ3v) is 1.48. The van der Waals surface area contributed by atoms with Gasteiger partial charge in [-0.3, -0.25) is 4.79 Å². The molecule has 0 saturated heterocycles. The van der Waals surface area contributed by atoms with Crippen LogP contribution in [0.25, 0.3) is 0 Å². The average Bonchev–Trinajstić information content (AvgIpc) is 2.02. The number of hydrogen-bond donors (Lipinski definition) is 2. The molecular weight excluding hydrogens is 158 g/mol. The predicted octanol–water partition coefficient (Wildman–Crippen LogP) is 0.0394. The smallest absolute Gasteiger partial charge is 0.220 e. The summed E-state index contributed by atoms with van der Waals surface area (Å²) in [6.45, 7) is 2.48. The van der Waals surface area contributed by atoms with Gasteiger partial charge in [0.15, 0.2) is 0 Å². The maximum absolute atomic E-state index is 10.4. The fraction of sp³-hybridized carbons (Fsp3) is 0.875. The monoisotopic (exact) mass is 175 g/mol. The Morgan fingerprint density at radius 2 is 2.33 bits per heavy atom. The van der Waals surface area contributed by atoms with Crippen LogP contribution in [0.15, 0.2) is 0 Å². The molecule has 1 amide bonds. The Hall–Kier alpha value is -0.610. The van der Waals surface area contributed by atoms with Crippen molar-refractivity contribution >= 4 is 5.91 Å². The maximum Gasteiger partial charge on any atom is 0.220 e. The second-order valence-electron chi connectivity index (χ2n) is 2.70. The summed E-state index contributed by atoms with van der Waals surface area (Å²) in [4.78, 5) is 10.4. The van der Waals surface area contributed by atoms with E-state index >= 15 is 0 Å². The molecule has 0 rings (SSSR count). The fourth-order valence-corrected chi connectivity index (χ4v) is 0.795. The lowest BCUT2D eigenvalue weighted by molar-refractivity contribution is -0.121. The zero-order chi connectivity index (χ0) is 9.40. The lowest BCUT2D eigenvalue weighted by Crippen LogP contribution is -2.26. The van der Waals surface area contributed by atoms with Crippen molar-refractivity contribution in [2.24, 2.45) is 5.73 Å². The Kier molecular flexibility index (Phi) is 6.70. The van der Waals surface area contributed by atoms with Crippen molar-refractivity contribution in [3.8, 4) is 0 Å². The molecule has 0 bridgehead atoms. The summed E-state index contributed by atoms with van der Waals surface area (Å²) in [5.74, 6) is -0.439. The first-order valence-corrected chi connectivity index (χ1v) is 4.21. The number of carbonyl (C=O) groups excluding carboxylic acids is 1. The SMILES string of the molecule is CCCCOC(CO)CC(N)=O. The van der Waals surface area contributed by atoms with Crippen LogP contribution in [0, 0.1) is 0 Å². The number of hydrogen-bond acceptors (Lipinski definition) is 3. The van der Waals surface area contributed by atoms with Crippen LogP contribution in [0.4, 0.5) is 0 Å². The lowest BCUT2D eigenvalue weighted by atomic mass is 10.2. The van der Waals surface area contributed by atoms with Gasteiger partial charge in [0.05, 0.1) is 19.1 Å². The lowest BCUT2D eigenvalue weighted by Gasteiger charge is -2.12. The standard InChI is InChI=1S/C8H17NO3/c1-2-3-4-12-7(6-10)5-8(9)11/h7,10H,2-6H2,1H3,(H2,9,11). The van der Waals surface area contributed by atoms with Gasteiger partial charge in [0.1, 0.15) is 0 Å². The molecule has 4 nitrogen and oxygen atoms in total. The third kappa shape index (κ3) is 6.12. The van der Waals surface area contributed by atoms with Crippen LogP contribution < -0.4 is 5.73 Å². The quantitative estimate of drug-likeness (QED) is 0.536. The van der Waals surface area contributed by atoms with Gasteiger partial charge in [-0.05, 0) is 6.42 Å². The number of carbonyl (C=O) groups is 1. The molecule has 0 spiro atoms. The van der Waals surface area contributed by atoms with Crippen LogP contribution in [-0.4, -0.2) is 30.3 Å². The summed E-state index contributed by atoms with van der Waals surface area (Å²) in [5, 5.41) is 8.74. The summed E-state index contributed by atoms with van der Waals surface area (Å²) in [7, 11) is 0. The molecule has 0 fully saturated rings. The first-order valence-electron chi connectivity index (χ1n) is 4.21. The summed E-state index contributed by atoms with van der Waals surface area (Å²) < 4.78 is 5.19. The molecule has 0 radical (unpaired) electrons. The van der Waals surface area contributed by atoms with E-state index in [1.54, 1.807) is 0 Å². The Labute approximate surface area is 72.7 Å². The summed E-state index contributed by atoms with van der Waals surface area (Å²) in [6.07, 6.45) is 1.65. The van der Waals surface area contributed by atoms with E-state index in [-0.39, 0.29) is 13.0 Å². The number of aliphatic hydroxyl groups excluding tert-OH is 1. The Bertz CT molecular complexity index is 127. The first-order chi connectivity index (χ1) is 5.70. The highest BCUT2D eigenvalue weighted by Crippen LogP contribution is 1.99. The number of nitrogens with two attached hydrogens (primary N) is 1. The molecule has 0 heterocycles. The second-order valence-corrected chi connectivity index (χ2v) is 2.70. The van der Waals surface area contributed by atoms with Gasteiger partial charge in [-0.15, -0.1) is 0 Å². The predicted molar refractivity (Wildman–Crippen MR) is 45.5 cm³/mol. The van der Waals surface area contributed by atoms with Gasteiger partial charge in [-0.1, -0.05) is 13.3 Å². The highest BCUT2D eigenvalue weighted by atomic mass is 16.5. The normalized spacial score (nSPS) is 12.8. The third-order valence-electron chi connectivity index (χ3n) is 1.48. The maximum atomic E-state index is 10.4. The van der Waals surface area contributed by atoms with Crippen molar-refractivity contribution in [1.82, 2.24) is 0 Å². The van der Waals surface area contributed by atoms with Gasteiger partial charge in [0.2, 0.25) is 5.91 Å². The van der Waals surface area contributed by atoms with Gasteiger partial charge >= 0.3 is 0 Å². The first kappa shape index (κ1) is 11.4. The van der Waals surface area contributed by atoms with E-state index in [0.29, 0.717) is 6.61 Å². The topological polar surface area (TPSA) is 72.6 Å². The van der Waals surface area contributed by atoms with Gasteiger partial charge in [-0.25, -0.2) is 0 Å². The van der Waals surface area contributed by atoms with E-state index in [0.717, 1.165) is 12.8 Å². The zero-order valence-corrected chi connectivity index (χ0v) is 7.45. The highest BCUT2D eigenvalue weighted by molar-refractivity contribution is 5.74. The minimum atomic E-state index is -0.439. The van der Waals surface area contributed by atoms with Crippen molar-refractivity contribution in [1.29, 1.82) is 0 Å². The van der Waals surface area contributed by atoms with Crippen LogP contribution in [0.5, 0.6) is 0 Å². The summed E-state index contributed by atoms with van der Waals surface area (Å²) >= 11 is 0. The Morgan fingerprint density at radius 1 is 1.67 bits per heavy atom. The van der Waals surface area contributed by atoms with E-state index in [4.69, 9.17) is 15.6 Å². The summed E-state index contributed by atoms with van der Waals surface area (Å²) in [5.41, 5.74) is 4.94. The molecule has 4 heteroatoms. The minimum Gasteiger partial charge on any atom is -0.394 e. The van der Waals surface area contributed by atoms with Crippen molar-refractivity contribution in [3.63, 3.8) is 0 Å². The fourth-order valence-electron chi connectivity index (χ4n) is 0.795. The van der Waals surface area contributed by atoms with E-state index in [1.165, 1.54) is 0 Å². The highest BCUT2D eigenvalue weighted by Gasteiger charge is 2.10. The minimum absolute atomic E-state index is 0.0974.